The molecule has 0 aliphatic rings. The summed E-state index contributed by atoms with van der Waals surface area (Å²) >= 11 is 0. The molecule has 0 saturated carbocycles. The van der Waals surface area contributed by atoms with E-state index in [4.69, 9.17) is 9.53 Å². The summed E-state index contributed by atoms with van der Waals surface area (Å²) < 4.78 is 6.07. The van der Waals surface area contributed by atoms with Gasteiger partial charge in [0.1, 0.15) is 0 Å². The fraction of sp³-hybridized carbons (Fsp3) is 0.200. The van der Waals surface area contributed by atoms with Gasteiger partial charge in [0.05, 0.1) is 0 Å². The number of hydrogen-bond donors (Lipinski definition) is 1. The van der Waals surface area contributed by atoms with Crippen LogP contribution >= 0.6 is 0 Å². The van der Waals surface area contributed by atoms with E-state index in [0.717, 1.165) is 22.5 Å². The zero-order valence-electron chi connectivity index (χ0n) is 14.6. The predicted octanol–water partition coefficient (Wildman–Crippen LogP) is 2.73. The molecule has 2 aromatic rings. The highest BCUT2D eigenvalue weighted by Gasteiger charge is 2.52. The van der Waals surface area contributed by atoms with Crippen LogP contribution in [0.5, 0.6) is 0 Å². The standard InChI is InChI=1S/C20H22O4Si/c1-20(2,3)25(16-10-6-4-7-11-16,17-12-8-5-9-13-17)24-19(23)15-14-18(21)22/h4-15H,1-3H3,(H,21,22)/b15-14-. The summed E-state index contributed by atoms with van der Waals surface area (Å²) in [5.74, 6) is -1.82. The summed E-state index contributed by atoms with van der Waals surface area (Å²) in [5.41, 5.74) is 0. The molecule has 0 aliphatic heterocycles. The summed E-state index contributed by atoms with van der Waals surface area (Å²) in [6.07, 6.45) is 1.78. The summed E-state index contributed by atoms with van der Waals surface area (Å²) in [6.45, 7) is 6.15. The molecule has 1 N–H and O–H groups in total. The summed E-state index contributed by atoms with van der Waals surface area (Å²) in [5, 5.41) is 10.4. The molecule has 0 unspecified atom stereocenters. The second-order valence-corrected chi connectivity index (χ2v) is 11.0. The molecule has 0 saturated heterocycles. The Labute approximate surface area is 148 Å². The zero-order chi connectivity index (χ0) is 18.5. The molecule has 0 heterocycles. The van der Waals surface area contributed by atoms with Gasteiger partial charge in [0.25, 0.3) is 0 Å². The molecular formula is C20H22O4Si. The first kappa shape index (κ1) is 18.7. The molecule has 4 nitrogen and oxygen atoms in total. The van der Waals surface area contributed by atoms with Gasteiger partial charge in [-0.25, -0.2) is 9.59 Å². The molecule has 0 amide bonds. The van der Waals surface area contributed by atoms with Crippen LogP contribution in [0.2, 0.25) is 5.04 Å². The summed E-state index contributed by atoms with van der Waals surface area (Å²) in [4.78, 5) is 23.1. The van der Waals surface area contributed by atoms with Crippen molar-refractivity contribution in [1.29, 1.82) is 0 Å². The second kappa shape index (κ2) is 7.48. The fourth-order valence-electron chi connectivity index (χ4n) is 2.97. The Morgan fingerprint density at radius 3 is 1.68 bits per heavy atom. The maximum atomic E-state index is 12.4. The molecule has 0 spiro atoms. The number of rotatable bonds is 5. The third kappa shape index (κ3) is 4.06. The molecule has 0 aromatic heterocycles. The van der Waals surface area contributed by atoms with Gasteiger partial charge in [-0.05, 0) is 15.4 Å². The topological polar surface area (TPSA) is 63.6 Å². The van der Waals surface area contributed by atoms with E-state index in [0.29, 0.717) is 0 Å². The van der Waals surface area contributed by atoms with Gasteiger partial charge in [-0.15, -0.1) is 0 Å². The van der Waals surface area contributed by atoms with Crippen molar-refractivity contribution in [3.05, 3.63) is 72.8 Å². The van der Waals surface area contributed by atoms with E-state index >= 15 is 0 Å². The highest BCUT2D eigenvalue weighted by atomic mass is 28.4. The van der Waals surface area contributed by atoms with Gasteiger partial charge in [0, 0.05) is 12.2 Å². The van der Waals surface area contributed by atoms with E-state index in [2.05, 4.69) is 0 Å². The van der Waals surface area contributed by atoms with E-state index in [9.17, 15) is 9.59 Å². The predicted molar refractivity (Wildman–Crippen MR) is 100 cm³/mol. The van der Waals surface area contributed by atoms with Crippen LogP contribution in [0.3, 0.4) is 0 Å². The molecule has 0 radical (unpaired) electrons. The molecule has 2 aromatic carbocycles. The highest BCUT2D eigenvalue weighted by molar-refractivity contribution is 7.00. The van der Waals surface area contributed by atoms with E-state index < -0.39 is 20.3 Å². The fourth-order valence-corrected chi connectivity index (χ4v) is 7.27. The van der Waals surface area contributed by atoms with Crippen LogP contribution in [-0.4, -0.2) is 25.4 Å². The maximum absolute atomic E-state index is 12.4. The molecule has 130 valence electrons. The van der Waals surface area contributed by atoms with Gasteiger partial charge in [0.2, 0.25) is 0 Å². The Balaban J connectivity index is 2.65. The lowest BCUT2D eigenvalue weighted by Crippen LogP contribution is -2.67. The van der Waals surface area contributed by atoms with Crippen LogP contribution in [-0.2, 0) is 14.0 Å². The largest absolute Gasteiger partial charge is 0.506 e. The number of aliphatic carboxylic acids is 1. The lowest BCUT2D eigenvalue weighted by atomic mass is 10.2. The van der Waals surface area contributed by atoms with Gasteiger partial charge in [0.15, 0.2) is 0 Å². The number of carbonyl (C=O) groups excluding carboxylic acids is 1. The average Bonchev–Trinajstić information content (AvgIpc) is 2.58. The number of carbonyl (C=O) groups is 2. The third-order valence-corrected chi connectivity index (χ3v) is 8.95. The average molecular weight is 354 g/mol. The van der Waals surface area contributed by atoms with Gasteiger partial charge in [-0.1, -0.05) is 81.4 Å². The van der Waals surface area contributed by atoms with Crippen LogP contribution in [0.25, 0.3) is 0 Å². The molecule has 0 fully saturated rings. The van der Waals surface area contributed by atoms with Crippen LogP contribution in [0.4, 0.5) is 0 Å². The molecule has 0 aliphatic carbocycles. The van der Waals surface area contributed by atoms with Crippen LogP contribution in [0, 0.1) is 0 Å². The van der Waals surface area contributed by atoms with Crippen molar-refractivity contribution in [3.8, 4) is 0 Å². The van der Waals surface area contributed by atoms with E-state index in [1.54, 1.807) is 0 Å². The smallest absolute Gasteiger partial charge is 0.328 e. The number of benzene rings is 2. The minimum atomic E-state index is -2.98. The van der Waals surface area contributed by atoms with Crippen molar-refractivity contribution in [1.82, 2.24) is 0 Å². The van der Waals surface area contributed by atoms with Gasteiger partial charge in [-0.2, -0.15) is 0 Å². The Bertz CT molecular complexity index is 722. The zero-order valence-corrected chi connectivity index (χ0v) is 15.6. The second-order valence-electron chi connectivity index (χ2n) is 6.76. The van der Waals surface area contributed by atoms with Crippen LogP contribution in [0.1, 0.15) is 20.8 Å². The van der Waals surface area contributed by atoms with Crippen molar-refractivity contribution in [2.45, 2.75) is 25.8 Å². The SMILES string of the molecule is CC(C)(C)[Si](OC(=O)/C=C\C(=O)O)(c1ccccc1)c1ccccc1. The quantitative estimate of drug-likeness (QED) is 0.662. The minimum Gasteiger partial charge on any atom is -0.506 e. The molecule has 2 rings (SSSR count). The van der Waals surface area contributed by atoms with Crippen molar-refractivity contribution in [2.24, 2.45) is 0 Å². The normalized spacial score (nSPS) is 12.1. The number of carboxylic acids is 1. The van der Waals surface area contributed by atoms with E-state index in [1.165, 1.54) is 0 Å². The first-order chi connectivity index (χ1) is 11.8. The molecule has 0 atom stereocenters. The Morgan fingerprint density at radius 1 is 0.880 bits per heavy atom. The first-order valence-electron chi connectivity index (χ1n) is 8.02. The lowest BCUT2D eigenvalue weighted by molar-refractivity contribution is -0.133. The summed E-state index contributed by atoms with van der Waals surface area (Å²) in [7, 11) is -2.98. The van der Waals surface area contributed by atoms with E-state index in [-0.39, 0.29) is 5.04 Å². The van der Waals surface area contributed by atoms with Crippen molar-refractivity contribution >= 4 is 30.6 Å². The van der Waals surface area contributed by atoms with Gasteiger partial charge in [-0.3, -0.25) is 0 Å². The Kier molecular flexibility index (Phi) is 5.59. The Hall–Kier alpha value is -2.66. The first-order valence-corrected chi connectivity index (χ1v) is 9.93. The van der Waals surface area contributed by atoms with Gasteiger partial charge < -0.3 is 9.53 Å². The molecule has 5 heteroatoms. The van der Waals surface area contributed by atoms with Crippen molar-refractivity contribution < 1.29 is 19.1 Å². The third-order valence-electron chi connectivity index (χ3n) is 4.03. The Morgan fingerprint density at radius 2 is 1.32 bits per heavy atom. The van der Waals surface area contributed by atoms with Crippen molar-refractivity contribution in [3.63, 3.8) is 0 Å². The van der Waals surface area contributed by atoms with Gasteiger partial charge >= 0.3 is 20.3 Å². The van der Waals surface area contributed by atoms with Crippen LogP contribution < -0.4 is 10.4 Å². The summed E-state index contributed by atoms with van der Waals surface area (Å²) in [6, 6.07) is 19.4. The molecule has 25 heavy (non-hydrogen) atoms. The maximum Gasteiger partial charge on any atom is 0.328 e. The monoisotopic (exact) mass is 354 g/mol. The van der Waals surface area contributed by atoms with Crippen LogP contribution in [0.15, 0.2) is 72.8 Å². The van der Waals surface area contributed by atoms with E-state index in [1.807, 2.05) is 81.4 Å². The number of hydrogen-bond acceptors (Lipinski definition) is 3. The van der Waals surface area contributed by atoms with Crippen molar-refractivity contribution in [2.75, 3.05) is 0 Å². The molecule has 0 bridgehead atoms. The number of carboxylic acid groups (broad SMARTS) is 1. The minimum absolute atomic E-state index is 0.345. The highest BCUT2D eigenvalue weighted by Crippen LogP contribution is 2.36. The lowest BCUT2D eigenvalue weighted by Gasteiger charge is -2.41. The molecular weight excluding hydrogens is 332 g/mol.